The molecule has 1 aromatic carbocycles. The van der Waals surface area contributed by atoms with Crippen LogP contribution in [0.2, 0.25) is 0 Å². The Hall–Kier alpha value is -2.09. The summed E-state index contributed by atoms with van der Waals surface area (Å²) in [5.41, 5.74) is 1.69. The molecule has 0 aliphatic carbocycles. The van der Waals surface area contributed by atoms with Crippen LogP contribution in [0.1, 0.15) is 22.0 Å². The fraction of sp³-hybridized carbons (Fsp3) is 0.421. The molecule has 2 aromatic rings. The van der Waals surface area contributed by atoms with Gasteiger partial charge in [0.15, 0.2) is 11.5 Å². The molecule has 6 nitrogen and oxygen atoms in total. The van der Waals surface area contributed by atoms with Gasteiger partial charge in [-0.3, -0.25) is 9.69 Å². The first-order valence-corrected chi connectivity index (χ1v) is 9.52. The van der Waals surface area contributed by atoms with Crippen molar-refractivity contribution in [3.8, 4) is 11.5 Å². The second kappa shape index (κ2) is 9.02. The summed E-state index contributed by atoms with van der Waals surface area (Å²) >= 11 is 1.67. The SMILES string of the molecule is COc1cccc(C(=O)NC[C@@H](c2ccsc2)N2CCOCC2)c1OC. The highest BCUT2D eigenvalue weighted by molar-refractivity contribution is 7.07. The quantitative estimate of drug-likeness (QED) is 0.805. The third-order valence-electron chi connectivity index (χ3n) is 4.52. The van der Waals surface area contributed by atoms with E-state index < -0.39 is 0 Å². The Kier molecular flexibility index (Phi) is 6.49. The Labute approximate surface area is 157 Å². The molecule has 0 spiro atoms. The Balaban J connectivity index is 1.74. The van der Waals surface area contributed by atoms with Crippen molar-refractivity contribution >= 4 is 17.2 Å². The number of ether oxygens (including phenoxy) is 3. The first-order valence-electron chi connectivity index (χ1n) is 8.57. The number of amides is 1. The Morgan fingerprint density at radius 2 is 2.08 bits per heavy atom. The highest BCUT2D eigenvalue weighted by Crippen LogP contribution is 2.31. The van der Waals surface area contributed by atoms with Crippen molar-refractivity contribution in [1.29, 1.82) is 0 Å². The lowest BCUT2D eigenvalue weighted by Gasteiger charge is -2.34. The van der Waals surface area contributed by atoms with Gasteiger partial charge in [-0.05, 0) is 34.5 Å². The average molecular weight is 376 g/mol. The number of para-hydroxylation sites is 1. The van der Waals surface area contributed by atoms with Crippen molar-refractivity contribution in [2.75, 3.05) is 47.1 Å². The van der Waals surface area contributed by atoms with Crippen LogP contribution in [0.3, 0.4) is 0 Å². The summed E-state index contributed by atoms with van der Waals surface area (Å²) in [6.45, 7) is 3.68. The first kappa shape index (κ1) is 18.7. The zero-order valence-electron chi connectivity index (χ0n) is 15.1. The summed E-state index contributed by atoms with van der Waals surface area (Å²) < 4.78 is 16.1. The van der Waals surface area contributed by atoms with Gasteiger partial charge in [0.1, 0.15) is 0 Å². The fourth-order valence-corrected chi connectivity index (χ4v) is 3.87. The van der Waals surface area contributed by atoms with Gasteiger partial charge in [-0.25, -0.2) is 0 Å². The van der Waals surface area contributed by atoms with Gasteiger partial charge >= 0.3 is 0 Å². The maximum atomic E-state index is 12.8. The molecule has 1 saturated heterocycles. The van der Waals surface area contributed by atoms with Gasteiger partial charge in [-0.2, -0.15) is 11.3 Å². The lowest BCUT2D eigenvalue weighted by molar-refractivity contribution is 0.0163. The van der Waals surface area contributed by atoms with Crippen molar-refractivity contribution in [3.05, 3.63) is 46.2 Å². The molecule has 3 rings (SSSR count). The van der Waals surface area contributed by atoms with E-state index in [9.17, 15) is 4.79 Å². The van der Waals surface area contributed by atoms with Gasteiger partial charge < -0.3 is 19.5 Å². The van der Waals surface area contributed by atoms with Gasteiger partial charge in [0.05, 0.1) is 39.0 Å². The third-order valence-corrected chi connectivity index (χ3v) is 5.22. The van der Waals surface area contributed by atoms with Crippen molar-refractivity contribution in [3.63, 3.8) is 0 Å². The van der Waals surface area contributed by atoms with E-state index in [-0.39, 0.29) is 11.9 Å². The second-order valence-corrected chi connectivity index (χ2v) is 6.75. The summed E-state index contributed by atoms with van der Waals surface area (Å²) in [7, 11) is 3.10. The van der Waals surface area contributed by atoms with Gasteiger partial charge in [0, 0.05) is 19.6 Å². The number of nitrogens with zero attached hydrogens (tertiary/aromatic N) is 1. The van der Waals surface area contributed by atoms with Crippen LogP contribution in [-0.4, -0.2) is 57.9 Å². The largest absolute Gasteiger partial charge is 0.493 e. The molecule has 1 N–H and O–H groups in total. The molecule has 1 aromatic heterocycles. The Morgan fingerprint density at radius 1 is 1.27 bits per heavy atom. The molecule has 0 unspecified atom stereocenters. The van der Waals surface area contributed by atoms with E-state index in [1.54, 1.807) is 36.6 Å². The number of rotatable bonds is 7. The van der Waals surface area contributed by atoms with E-state index in [0.29, 0.717) is 23.6 Å². The van der Waals surface area contributed by atoms with E-state index in [2.05, 4.69) is 27.0 Å². The van der Waals surface area contributed by atoms with Crippen LogP contribution in [0.4, 0.5) is 0 Å². The molecule has 1 aliphatic heterocycles. The summed E-state index contributed by atoms with van der Waals surface area (Å²) in [5, 5.41) is 7.26. The highest BCUT2D eigenvalue weighted by atomic mass is 32.1. The monoisotopic (exact) mass is 376 g/mol. The summed E-state index contributed by atoms with van der Waals surface area (Å²) in [5.74, 6) is 0.822. The maximum Gasteiger partial charge on any atom is 0.255 e. The minimum atomic E-state index is -0.172. The van der Waals surface area contributed by atoms with Crippen LogP contribution in [0, 0.1) is 0 Å². The smallest absolute Gasteiger partial charge is 0.255 e. The minimum absolute atomic E-state index is 0.130. The van der Waals surface area contributed by atoms with E-state index in [0.717, 1.165) is 26.3 Å². The Morgan fingerprint density at radius 3 is 2.73 bits per heavy atom. The number of hydrogen-bond acceptors (Lipinski definition) is 6. The van der Waals surface area contributed by atoms with Gasteiger partial charge in [0.25, 0.3) is 5.91 Å². The molecule has 2 heterocycles. The minimum Gasteiger partial charge on any atom is -0.493 e. The zero-order valence-corrected chi connectivity index (χ0v) is 15.9. The van der Waals surface area contributed by atoms with Gasteiger partial charge in [-0.1, -0.05) is 6.07 Å². The predicted molar refractivity (Wildman–Crippen MR) is 101 cm³/mol. The van der Waals surface area contributed by atoms with Gasteiger partial charge in [-0.15, -0.1) is 0 Å². The molecule has 1 fully saturated rings. The van der Waals surface area contributed by atoms with Crippen molar-refractivity contribution in [1.82, 2.24) is 10.2 Å². The topological polar surface area (TPSA) is 60.0 Å². The molecular formula is C19H24N2O4S. The van der Waals surface area contributed by atoms with Crippen molar-refractivity contribution in [2.45, 2.75) is 6.04 Å². The van der Waals surface area contributed by atoms with Crippen molar-refractivity contribution in [2.24, 2.45) is 0 Å². The molecule has 1 atom stereocenters. The predicted octanol–water partition coefficient (Wildman–Crippen LogP) is 2.57. The number of nitrogens with one attached hydrogen (secondary N) is 1. The molecule has 0 bridgehead atoms. The van der Waals surface area contributed by atoms with E-state index in [1.165, 1.54) is 12.7 Å². The molecule has 140 valence electrons. The van der Waals surface area contributed by atoms with Crippen LogP contribution in [-0.2, 0) is 4.74 Å². The first-order chi connectivity index (χ1) is 12.7. The van der Waals surface area contributed by atoms with Crippen LogP contribution < -0.4 is 14.8 Å². The molecular weight excluding hydrogens is 352 g/mol. The van der Waals surface area contributed by atoms with Crippen LogP contribution in [0.25, 0.3) is 0 Å². The standard InChI is InChI=1S/C19H24N2O4S/c1-23-17-5-3-4-15(18(17)24-2)19(22)20-12-16(14-6-11-26-13-14)21-7-9-25-10-8-21/h3-6,11,13,16H,7-10,12H2,1-2H3,(H,20,22)/t16-/m0/s1. The number of morpholine rings is 1. The summed E-state index contributed by atoms with van der Waals surface area (Å²) in [4.78, 5) is 15.1. The lowest BCUT2D eigenvalue weighted by atomic mass is 10.1. The number of carbonyl (C=O) groups is 1. The van der Waals surface area contributed by atoms with Crippen LogP contribution in [0.15, 0.2) is 35.0 Å². The highest BCUT2D eigenvalue weighted by Gasteiger charge is 2.24. The normalized spacial score (nSPS) is 16.1. The second-order valence-electron chi connectivity index (χ2n) is 5.97. The lowest BCUT2D eigenvalue weighted by Crippen LogP contribution is -2.43. The van der Waals surface area contributed by atoms with Gasteiger partial charge in [0.2, 0.25) is 0 Å². The summed E-state index contributed by atoms with van der Waals surface area (Å²) in [6, 6.07) is 7.55. The number of hydrogen-bond donors (Lipinski definition) is 1. The molecule has 0 radical (unpaired) electrons. The van der Waals surface area contributed by atoms with Crippen LogP contribution in [0.5, 0.6) is 11.5 Å². The molecule has 0 saturated carbocycles. The van der Waals surface area contributed by atoms with E-state index in [4.69, 9.17) is 14.2 Å². The number of methoxy groups -OCH3 is 2. The number of carbonyl (C=O) groups excluding carboxylic acids is 1. The van der Waals surface area contributed by atoms with Crippen molar-refractivity contribution < 1.29 is 19.0 Å². The molecule has 1 amide bonds. The molecule has 7 heteroatoms. The maximum absolute atomic E-state index is 12.8. The number of benzene rings is 1. The number of thiophene rings is 1. The average Bonchev–Trinajstić information content (AvgIpc) is 3.22. The van der Waals surface area contributed by atoms with E-state index in [1.807, 2.05) is 0 Å². The Bertz CT molecular complexity index is 714. The van der Waals surface area contributed by atoms with E-state index >= 15 is 0 Å². The third kappa shape index (κ3) is 4.17. The van der Waals surface area contributed by atoms with Crippen LogP contribution >= 0.6 is 11.3 Å². The zero-order chi connectivity index (χ0) is 18.4. The fourth-order valence-electron chi connectivity index (χ4n) is 3.16. The summed E-state index contributed by atoms with van der Waals surface area (Å²) in [6.07, 6.45) is 0. The molecule has 1 aliphatic rings. The molecule has 26 heavy (non-hydrogen) atoms.